The molecule has 0 aromatic heterocycles. The van der Waals surface area contributed by atoms with E-state index in [4.69, 9.17) is 18.9 Å². The summed E-state index contributed by atoms with van der Waals surface area (Å²) < 4.78 is 22.7. The number of carbonyl (C=O) groups excluding carboxylic acids is 2. The summed E-state index contributed by atoms with van der Waals surface area (Å²) in [6, 6.07) is 0. The van der Waals surface area contributed by atoms with Gasteiger partial charge in [-0.1, -0.05) is 38.5 Å². The quantitative estimate of drug-likeness (QED) is 0.378. The molecule has 6 nitrogen and oxygen atoms in total. The molecule has 6 heteroatoms. The first kappa shape index (κ1) is 23.5. The van der Waals surface area contributed by atoms with Crippen LogP contribution in [0.3, 0.4) is 0 Å². The number of carbonyl (C=O) groups is 2. The first-order valence-corrected chi connectivity index (χ1v) is 12.3. The molecule has 3 aliphatic rings. The summed E-state index contributed by atoms with van der Waals surface area (Å²) in [5, 5.41) is 0. The summed E-state index contributed by atoms with van der Waals surface area (Å²) in [4.78, 5) is 24.1. The lowest BCUT2D eigenvalue weighted by Gasteiger charge is -2.29. The van der Waals surface area contributed by atoms with Gasteiger partial charge in [0.25, 0.3) is 0 Å². The second-order valence-electron chi connectivity index (χ2n) is 9.16. The van der Waals surface area contributed by atoms with Gasteiger partial charge in [-0.25, -0.2) is 0 Å². The zero-order valence-corrected chi connectivity index (χ0v) is 18.5. The molecule has 0 bridgehead atoms. The molecule has 0 radical (unpaired) electrons. The second-order valence-corrected chi connectivity index (χ2v) is 9.16. The van der Waals surface area contributed by atoms with Crippen molar-refractivity contribution < 1.29 is 28.5 Å². The maximum Gasteiger partial charge on any atom is 0.309 e. The highest BCUT2D eigenvalue weighted by atomic mass is 16.6. The van der Waals surface area contributed by atoms with E-state index < -0.39 is 0 Å². The molecule has 2 atom stereocenters. The zero-order chi connectivity index (χ0) is 21.0. The van der Waals surface area contributed by atoms with Crippen LogP contribution in [-0.2, 0) is 28.5 Å². The van der Waals surface area contributed by atoms with Gasteiger partial charge in [-0.3, -0.25) is 9.59 Å². The van der Waals surface area contributed by atoms with Crippen molar-refractivity contribution in [2.45, 2.75) is 102 Å². The lowest BCUT2D eigenvalue weighted by Crippen LogP contribution is -2.31. The fraction of sp³-hybridized carbons (Fsp3) is 0.917. The standard InChI is InChI=1S/C24H40O6/c25-23(19-8-3-1-4-9-19)29-16-14-27-21-12-7-13-22(18-21)28-15-17-30-24(26)20-10-5-2-6-11-20/h19-22H,1-18H2. The highest BCUT2D eigenvalue weighted by Gasteiger charge is 2.25. The van der Waals surface area contributed by atoms with Gasteiger partial charge in [0.15, 0.2) is 0 Å². The third kappa shape index (κ3) is 8.18. The highest BCUT2D eigenvalue weighted by molar-refractivity contribution is 5.72. The predicted molar refractivity (Wildman–Crippen MR) is 113 cm³/mol. The Morgan fingerprint density at radius 2 is 0.967 bits per heavy atom. The van der Waals surface area contributed by atoms with Crippen LogP contribution in [0, 0.1) is 11.8 Å². The Morgan fingerprint density at radius 1 is 0.533 bits per heavy atom. The minimum atomic E-state index is -0.0501. The molecule has 0 aromatic rings. The van der Waals surface area contributed by atoms with E-state index in [1.165, 1.54) is 12.8 Å². The first-order chi connectivity index (χ1) is 14.7. The van der Waals surface area contributed by atoms with Crippen LogP contribution in [-0.4, -0.2) is 50.6 Å². The van der Waals surface area contributed by atoms with Crippen LogP contribution in [0.1, 0.15) is 89.9 Å². The van der Waals surface area contributed by atoms with Crippen molar-refractivity contribution in [3.63, 3.8) is 0 Å². The van der Waals surface area contributed by atoms with Crippen LogP contribution in [0.2, 0.25) is 0 Å². The van der Waals surface area contributed by atoms with Crippen LogP contribution in [0.15, 0.2) is 0 Å². The van der Waals surface area contributed by atoms with Gasteiger partial charge < -0.3 is 18.9 Å². The van der Waals surface area contributed by atoms with Gasteiger partial charge in [-0.2, -0.15) is 0 Å². The Labute approximate surface area is 181 Å². The van der Waals surface area contributed by atoms with Gasteiger partial charge >= 0.3 is 11.9 Å². The SMILES string of the molecule is O=C(OCCOC1CCCC(OCCOC(=O)C2CCCCC2)C1)C1CCCCC1. The van der Waals surface area contributed by atoms with E-state index >= 15 is 0 Å². The molecule has 0 N–H and O–H groups in total. The lowest BCUT2D eigenvalue weighted by atomic mass is 9.89. The molecule has 0 aliphatic heterocycles. The van der Waals surface area contributed by atoms with Gasteiger partial charge in [0.05, 0.1) is 37.3 Å². The van der Waals surface area contributed by atoms with Gasteiger partial charge in [0.1, 0.15) is 13.2 Å². The zero-order valence-electron chi connectivity index (χ0n) is 18.5. The normalized spacial score (nSPS) is 26.3. The largest absolute Gasteiger partial charge is 0.463 e. The Balaban J connectivity index is 1.21. The van der Waals surface area contributed by atoms with E-state index in [0.29, 0.717) is 26.4 Å². The molecule has 0 amide bonds. The Morgan fingerprint density at radius 3 is 1.40 bits per heavy atom. The average molecular weight is 425 g/mol. The molecule has 30 heavy (non-hydrogen) atoms. The van der Waals surface area contributed by atoms with Gasteiger partial charge in [0, 0.05) is 0 Å². The molecule has 0 spiro atoms. The lowest BCUT2D eigenvalue weighted by molar-refractivity contribution is -0.153. The van der Waals surface area contributed by atoms with Crippen LogP contribution >= 0.6 is 0 Å². The Hall–Kier alpha value is -1.14. The summed E-state index contributed by atoms with van der Waals surface area (Å²) in [6.45, 7) is 1.59. The average Bonchev–Trinajstić information content (AvgIpc) is 2.81. The molecule has 172 valence electrons. The van der Waals surface area contributed by atoms with Gasteiger partial charge in [-0.15, -0.1) is 0 Å². The molecule has 3 fully saturated rings. The molecule has 3 rings (SSSR count). The topological polar surface area (TPSA) is 71.1 Å². The van der Waals surface area contributed by atoms with E-state index in [1.54, 1.807) is 0 Å². The van der Waals surface area contributed by atoms with Crippen molar-refractivity contribution in [2.24, 2.45) is 11.8 Å². The molecule has 3 saturated carbocycles. The number of hydrogen-bond acceptors (Lipinski definition) is 6. The van der Waals surface area contributed by atoms with Gasteiger partial charge in [0.2, 0.25) is 0 Å². The summed E-state index contributed by atoms with van der Waals surface area (Å²) >= 11 is 0. The number of esters is 2. The van der Waals surface area contributed by atoms with E-state index in [9.17, 15) is 9.59 Å². The fourth-order valence-electron chi connectivity index (χ4n) is 5.03. The summed E-state index contributed by atoms with van der Waals surface area (Å²) in [6.07, 6.45) is 15.2. The molecule has 3 aliphatic carbocycles. The maximum absolute atomic E-state index is 12.1. The Kier molecular flexibility index (Phi) is 10.4. The predicted octanol–water partition coefficient (Wildman–Crippen LogP) is 4.58. The van der Waals surface area contributed by atoms with Crippen molar-refractivity contribution in [1.29, 1.82) is 0 Å². The Bertz CT molecular complexity index is 466. The van der Waals surface area contributed by atoms with Crippen molar-refractivity contribution in [1.82, 2.24) is 0 Å². The highest BCUT2D eigenvalue weighted by Crippen LogP contribution is 2.26. The first-order valence-electron chi connectivity index (χ1n) is 12.3. The van der Waals surface area contributed by atoms with E-state index in [1.807, 2.05) is 0 Å². The van der Waals surface area contributed by atoms with E-state index in [0.717, 1.165) is 77.0 Å². The molecular formula is C24H40O6. The molecule has 0 heterocycles. The second kappa shape index (κ2) is 13.3. The minimum Gasteiger partial charge on any atom is -0.463 e. The third-order valence-corrected chi connectivity index (χ3v) is 6.82. The minimum absolute atomic E-state index is 0.0501. The fourth-order valence-corrected chi connectivity index (χ4v) is 5.03. The van der Waals surface area contributed by atoms with E-state index in [-0.39, 0.29) is 36.0 Å². The molecule has 2 unspecified atom stereocenters. The molecule has 0 aromatic carbocycles. The number of hydrogen-bond donors (Lipinski definition) is 0. The van der Waals surface area contributed by atoms with E-state index in [2.05, 4.69) is 0 Å². The van der Waals surface area contributed by atoms with Crippen molar-refractivity contribution in [3.05, 3.63) is 0 Å². The number of rotatable bonds is 10. The molecule has 0 saturated heterocycles. The number of ether oxygens (including phenoxy) is 4. The van der Waals surface area contributed by atoms with Crippen LogP contribution in [0.4, 0.5) is 0 Å². The third-order valence-electron chi connectivity index (χ3n) is 6.82. The van der Waals surface area contributed by atoms with Crippen molar-refractivity contribution >= 4 is 11.9 Å². The monoisotopic (exact) mass is 424 g/mol. The van der Waals surface area contributed by atoms with Crippen molar-refractivity contribution in [2.75, 3.05) is 26.4 Å². The van der Waals surface area contributed by atoms with Crippen LogP contribution < -0.4 is 0 Å². The van der Waals surface area contributed by atoms with Crippen LogP contribution in [0.5, 0.6) is 0 Å². The van der Waals surface area contributed by atoms with Crippen molar-refractivity contribution in [3.8, 4) is 0 Å². The van der Waals surface area contributed by atoms with Gasteiger partial charge in [-0.05, 0) is 51.4 Å². The summed E-state index contributed by atoms with van der Waals surface area (Å²) in [5.74, 6) is 0.0914. The summed E-state index contributed by atoms with van der Waals surface area (Å²) in [5.41, 5.74) is 0. The maximum atomic E-state index is 12.1. The smallest absolute Gasteiger partial charge is 0.309 e. The summed E-state index contributed by atoms with van der Waals surface area (Å²) in [7, 11) is 0. The van der Waals surface area contributed by atoms with Crippen LogP contribution in [0.25, 0.3) is 0 Å². The molecular weight excluding hydrogens is 384 g/mol.